The van der Waals surface area contributed by atoms with E-state index in [-0.39, 0.29) is 36.1 Å². The van der Waals surface area contributed by atoms with Gasteiger partial charge < -0.3 is 14.2 Å². The summed E-state index contributed by atoms with van der Waals surface area (Å²) in [6, 6.07) is 6.94. The average Bonchev–Trinajstić information content (AvgIpc) is 3.75. The van der Waals surface area contributed by atoms with Crippen LogP contribution in [0.2, 0.25) is 0 Å². The van der Waals surface area contributed by atoms with Gasteiger partial charge in [-0.25, -0.2) is 36.9 Å². The minimum absolute atomic E-state index is 0.0697. The second kappa shape index (κ2) is 11.3. The molecule has 0 amide bonds. The molecular weight excluding hydrogens is 544 g/mol. The highest BCUT2D eigenvalue weighted by Crippen LogP contribution is 2.43. The third-order valence-corrected chi connectivity index (χ3v) is 7.75. The highest BCUT2D eigenvalue weighted by molar-refractivity contribution is 5.28. The zero-order valence-electron chi connectivity index (χ0n) is 22.0. The van der Waals surface area contributed by atoms with E-state index in [0.29, 0.717) is 39.3 Å². The molecule has 216 valence electrons. The van der Waals surface area contributed by atoms with Crippen LogP contribution >= 0.6 is 0 Å². The summed E-state index contributed by atoms with van der Waals surface area (Å²) in [5, 5.41) is 8.28. The van der Waals surface area contributed by atoms with Gasteiger partial charge in [0.15, 0.2) is 0 Å². The number of nitrogens with zero attached hydrogens (tertiary/aromatic N) is 6. The van der Waals surface area contributed by atoms with E-state index in [1.54, 1.807) is 9.36 Å². The largest absolute Gasteiger partial charge is 0.381 e. The van der Waals surface area contributed by atoms with Crippen molar-refractivity contribution >= 4 is 0 Å². The van der Waals surface area contributed by atoms with Crippen molar-refractivity contribution in [2.24, 2.45) is 11.8 Å². The summed E-state index contributed by atoms with van der Waals surface area (Å²) in [5.41, 5.74) is -1.63. The van der Waals surface area contributed by atoms with Gasteiger partial charge in [0.1, 0.15) is 59.8 Å². The molecule has 2 saturated heterocycles. The Kier molecular flexibility index (Phi) is 7.58. The van der Waals surface area contributed by atoms with Gasteiger partial charge >= 0.3 is 0 Å². The van der Waals surface area contributed by atoms with Crippen LogP contribution in [0.3, 0.4) is 0 Å². The molecule has 0 aliphatic carbocycles. The summed E-state index contributed by atoms with van der Waals surface area (Å²) in [5.74, 6) is -2.85. The van der Waals surface area contributed by atoms with Crippen LogP contribution in [0.4, 0.5) is 17.6 Å². The molecule has 0 unspecified atom stereocenters. The quantitative estimate of drug-likeness (QED) is 0.266. The van der Waals surface area contributed by atoms with E-state index in [1.165, 1.54) is 49.6 Å². The molecule has 2 aliphatic rings. The second-order valence-corrected chi connectivity index (χ2v) is 10.7. The van der Waals surface area contributed by atoms with Gasteiger partial charge in [-0.2, -0.15) is 10.2 Å². The number of ether oxygens (including phenoxy) is 3. The van der Waals surface area contributed by atoms with Crippen molar-refractivity contribution in [2.45, 2.75) is 37.1 Å². The van der Waals surface area contributed by atoms with E-state index in [4.69, 9.17) is 14.2 Å². The summed E-state index contributed by atoms with van der Waals surface area (Å²) >= 11 is 0. The van der Waals surface area contributed by atoms with Crippen LogP contribution in [-0.4, -0.2) is 56.0 Å². The molecule has 0 radical (unpaired) electrons. The highest BCUT2D eigenvalue weighted by Gasteiger charge is 2.46. The van der Waals surface area contributed by atoms with Crippen molar-refractivity contribution in [3.05, 3.63) is 96.1 Å². The van der Waals surface area contributed by atoms with Crippen LogP contribution < -0.4 is 0 Å². The molecule has 13 heteroatoms. The summed E-state index contributed by atoms with van der Waals surface area (Å²) in [7, 11) is 0. The number of halogens is 4. The maximum absolute atomic E-state index is 14.9. The van der Waals surface area contributed by atoms with Crippen molar-refractivity contribution in [1.82, 2.24) is 29.5 Å². The molecule has 0 spiro atoms. The molecule has 4 atom stereocenters. The molecule has 2 aliphatic heterocycles. The molecule has 6 rings (SSSR count). The molecule has 4 aromatic rings. The Labute approximate surface area is 233 Å². The Balaban J connectivity index is 1.12. The lowest BCUT2D eigenvalue weighted by Crippen LogP contribution is -2.33. The first-order chi connectivity index (χ1) is 19.8. The van der Waals surface area contributed by atoms with Crippen molar-refractivity contribution in [3.63, 3.8) is 0 Å². The van der Waals surface area contributed by atoms with Crippen LogP contribution in [0, 0.1) is 35.1 Å². The fourth-order valence-electron chi connectivity index (χ4n) is 5.97. The van der Waals surface area contributed by atoms with Gasteiger partial charge in [0.05, 0.1) is 39.5 Å². The molecule has 9 nitrogen and oxygen atoms in total. The van der Waals surface area contributed by atoms with E-state index in [1.807, 2.05) is 0 Å². The van der Waals surface area contributed by atoms with Crippen LogP contribution in [0.25, 0.3) is 0 Å². The molecule has 41 heavy (non-hydrogen) atoms. The first-order valence-electron chi connectivity index (χ1n) is 13.3. The van der Waals surface area contributed by atoms with E-state index in [0.717, 1.165) is 12.1 Å². The predicted molar refractivity (Wildman–Crippen MR) is 135 cm³/mol. The zero-order chi connectivity index (χ0) is 28.5. The van der Waals surface area contributed by atoms with Crippen molar-refractivity contribution in [3.8, 4) is 0 Å². The minimum Gasteiger partial charge on any atom is -0.381 e. The van der Waals surface area contributed by atoms with Crippen LogP contribution in [0.5, 0.6) is 0 Å². The Morgan fingerprint density at radius 3 is 1.59 bits per heavy atom. The Morgan fingerprint density at radius 2 is 1.20 bits per heavy atom. The van der Waals surface area contributed by atoms with Crippen molar-refractivity contribution in [2.75, 3.05) is 26.4 Å². The first-order valence-corrected chi connectivity index (χ1v) is 13.3. The molecule has 0 N–H and O–H groups in total. The Morgan fingerprint density at radius 1 is 0.732 bits per heavy atom. The van der Waals surface area contributed by atoms with E-state index >= 15 is 0 Å². The monoisotopic (exact) mass is 572 g/mol. The SMILES string of the molecule is Fc1ccc([C@@]2(Cn3cncn3)C[C@H](COC[C@@H]3CO[C@@](Cn4cncn4)(c4ccc(F)cc4F)C3)CO2)c(F)c1. The highest BCUT2D eigenvalue weighted by atomic mass is 19.1. The third kappa shape index (κ3) is 5.74. The summed E-state index contributed by atoms with van der Waals surface area (Å²) in [6.45, 7) is 1.69. The molecule has 2 aromatic heterocycles. The van der Waals surface area contributed by atoms with Gasteiger partial charge in [0, 0.05) is 35.1 Å². The molecule has 0 bridgehead atoms. The lowest BCUT2D eigenvalue weighted by atomic mass is 9.86. The summed E-state index contributed by atoms with van der Waals surface area (Å²) in [4.78, 5) is 7.92. The molecular formula is C28H28F4N6O3. The maximum Gasteiger partial charge on any atom is 0.137 e. The lowest BCUT2D eigenvalue weighted by Gasteiger charge is -2.29. The topological polar surface area (TPSA) is 89.1 Å². The average molecular weight is 573 g/mol. The molecule has 2 aromatic carbocycles. The van der Waals surface area contributed by atoms with Gasteiger partial charge in [0.25, 0.3) is 0 Å². The Bertz CT molecular complexity index is 1360. The smallest absolute Gasteiger partial charge is 0.137 e. The van der Waals surface area contributed by atoms with Gasteiger partial charge in [-0.1, -0.05) is 12.1 Å². The van der Waals surface area contributed by atoms with E-state index in [2.05, 4.69) is 20.2 Å². The normalized spacial score (nSPS) is 26.1. The van der Waals surface area contributed by atoms with E-state index < -0.39 is 34.5 Å². The van der Waals surface area contributed by atoms with Gasteiger partial charge in [-0.15, -0.1) is 0 Å². The van der Waals surface area contributed by atoms with Gasteiger partial charge in [-0.3, -0.25) is 0 Å². The van der Waals surface area contributed by atoms with Gasteiger partial charge in [-0.05, 0) is 25.0 Å². The van der Waals surface area contributed by atoms with Crippen molar-refractivity contribution in [1.29, 1.82) is 0 Å². The third-order valence-electron chi connectivity index (χ3n) is 7.75. The predicted octanol–water partition coefficient (Wildman–Crippen LogP) is 4.01. The van der Waals surface area contributed by atoms with Crippen LogP contribution in [-0.2, 0) is 38.5 Å². The number of benzene rings is 2. The van der Waals surface area contributed by atoms with Gasteiger partial charge in [0.2, 0.25) is 0 Å². The number of aromatic nitrogens is 6. The minimum atomic E-state index is -1.07. The molecule has 0 saturated carbocycles. The van der Waals surface area contributed by atoms with Crippen LogP contribution in [0.15, 0.2) is 61.7 Å². The standard InChI is InChI=1S/C28H28F4N6O3/c29-21-1-3-23(25(31)5-21)27(13-37-17-33-15-35-37)7-19(11-40-27)9-39-10-20-8-28(41-12-20,14-38-18-34-16-36-38)24-4-2-22(30)6-26(24)32/h1-6,15-20H,7-14H2/t19-,20-,27+,28+/m1/s1. The zero-order valence-corrected chi connectivity index (χ0v) is 22.0. The number of rotatable bonds is 10. The molecule has 4 heterocycles. The summed E-state index contributed by atoms with van der Waals surface area (Å²) in [6.07, 6.45) is 6.66. The van der Waals surface area contributed by atoms with E-state index in [9.17, 15) is 17.6 Å². The molecule has 2 fully saturated rings. The second-order valence-electron chi connectivity index (χ2n) is 10.7. The fraction of sp³-hybridized carbons (Fsp3) is 0.429. The maximum atomic E-state index is 14.9. The number of hydrogen-bond donors (Lipinski definition) is 0. The lowest BCUT2D eigenvalue weighted by molar-refractivity contribution is -0.0222. The Hall–Kier alpha value is -3.68. The van der Waals surface area contributed by atoms with Crippen LogP contribution in [0.1, 0.15) is 24.0 Å². The summed E-state index contributed by atoms with van der Waals surface area (Å²) < 4.78 is 78.7. The first kappa shape index (κ1) is 27.5. The fourth-order valence-corrected chi connectivity index (χ4v) is 5.97. The number of hydrogen-bond acceptors (Lipinski definition) is 7. The van der Waals surface area contributed by atoms with Crippen molar-refractivity contribution < 1.29 is 31.8 Å².